The Bertz CT molecular complexity index is 726. The molecule has 0 heterocycles. The van der Waals surface area contributed by atoms with Gasteiger partial charge in [0, 0.05) is 8.99 Å². The topological polar surface area (TPSA) is 0 Å². The van der Waals surface area contributed by atoms with Gasteiger partial charge in [-0.1, -0.05) is 84.6 Å². The lowest BCUT2D eigenvalue weighted by atomic mass is 9.87. The predicted molar refractivity (Wildman–Crippen MR) is 131 cm³/mol. The fourth-order valence-corrected chi connectivity index (χ4v) is 11.0. The Morgan fingerprint density at radius 2 is 1.27 bits per heavy atom. The smallest absolute Gasteiger partial charge is 0.418 e. The first-order chi connectivity index (χ1) is 14.1. The molecule has 0 aliphatic heterocycles. The largest absolute Gasteiger partial charge is 0.673 e. The Morgan fingerprint density at radius 3 is 1.73 bits per heavy atom. The van der Waals surface area contributed by atoms with Crippen LogP contribution in [0.25, 0.3) is 5.31 Å². The van der Waals surface area contributed by atoms with Crippen LogP contribution < -0.4 is 0 Å². The Labute approximate surface area is 193 Å². The maximum atomic E-state index is 9.75. The van der Waals surface area contributed by atoms with Crippen molar-refractivity contribution < 1.29 is 17.3 Å². The van der Waals surface area contributed by atoms with E-state index in [1.807, 2.05) is 5.31 Å². The van der Waals surface area contributed by atoms with Crippen LogP contribution in [0.2, 0.25) is 0 Å². The van der Waals surface area contributed by atoms with Crippen LogP contribution in [0.15, 0.2) is 27.8 Å². The zero-order valence-electron chi connectivity index (χ0n) is 17.9. The molecule has 0 bridgehead atoms. The van der Waals surface area contributed by atoms with E-state index in [0.717, 1.165) is 11.3 Å². The van der Waals surface area contributed by atoms with E-state index < -0.39 is 7.25 Å². The molecule has 0 saturated heterocycles. The predicted octanol–water partition coefficient (Wildman–Crippen LogP) is 9.53. The van der Waals surface area contributed by atoms with Crippen LogP contribution in [0.3, 0.4) is 0 Å². The molecule has 0 aromatic heterocycles. The van der Waals surface area contributed by atoms with Gasteiger partial charge in [0.15, 0.2) is 0 Å². The molecule has 0 spiro atoms. The second-order valence-corrected chi connectivity index (χ2v) is 13.1. The molecular weight excluding hydrogens is 521 g/mol. The molecule has 0 unspecified atom stereocenters. The molecule has 0 N–H and O–H groups in total. The summed E-state index contributed by atoms with van der Waals surface area (Å²) in [6.45, 7) is 4.91. The number of hydrogen-bond acceptors (Lipinski definition) is 0. The molecule has 1 aromatic carbocycles. The Hall–Kier alpha value is -0.0951. The molecule has 0 radical (unpaired) electrons. The highest BCUT2D eigenvalue weighted by molar-refractivity contribution is 14.1. The standard InChI is InChI=1S/C23H32IP.BF4/c1-23(2)20-16-10-9-15-19(20)21(22(23)24)25(17-11-5-3-6-12-17)18-13-7-4-8-14-18;2-1(3,4)5/h9-10,15-18H,3-8,11-14H2,1-2H3;/q;-1. The minimum atomic E-state index is -6.00. The molecule has 4 rings (SSSR count). The quantitative estimate of drug-likeness (QED) is 0.151. The minimum Gasteiger partial charge on any atom is -0.418 e. The third-order valence-electron chi connectivity index (χ3n) is 6.81. The van der Waals surface area contributed by atoms with Gasteiger partial charge < -0.3 is 17.3 Å². The van der Waals surface area contributed by atoms with Crippen LogP contribution in [0.5, 0.6) is 0 Å². The van der Waals surface area contributed by atoms with Crippen LogP contribution >= 0.6 is 30.5 Å². The van der Waals surface area contributed by atoms with E-state index in [0.29, 0.717) is 0 Å². The van der Waals surface area contributed by atoms with Crippen LogP contribution in [-0.2, 0) is 5.41 Å². The summed E-state index contributed by atoms with van der Waals surface area (Å²) in [5.41, 5.74) is 5.42. The van der Waals surface area contributed by atoms with E-state index in [4.69, 9.17) is 0 Å². The lowest BCUT2D eigenvalue weighted by molar-refractivity contribution is 0.368. The Morgan fingerprint density at radius 1 is 0.833 bits per heavy atom. The molecule has 0 nitrogen and oxygen atoms in total. The van der Waals surface area contributed by atoms with Gasteiger partial charge in [-0.2, -0.15) is 0 Å². The number of hydrogen-bond donors (Lipinski definition) is 0. The lowest BCUT2D eigenvalue weighted by Gasteiger charge is -2.40. The number of halogens is 5. The summed E-state index contributed by atoms with van der Waals surface area (Å²) in [6.07, 6.45) is 14.9. The van der Waals surface area contributed by atoms with Crippen molar-refractivity contribution in [3.63, 3.8) is 0 Å². The van der Waals surface area contributed by atoms with Crippen LogP contribution in [0.1, 0.15) is 89.2 Å². The van der Waals surface area contributed by atoms with E-state index in [1.165, 1.54) is 64.2 Å². The van der Waals surface area contributed by atoms with E-state index in [9.17, 15) is 17.3 Å². The molecule has 2 saturated carbocycles. The van der Waals surface area contributed by atoms with Gasteiger partial charge in [0.25, 0.3) is 0 Å². The first kappa shape index (κ1) is 24.5. The first-order valence-corrected chi connectivity index (χ1v) is 13.8. The highest BCUT2D eigenvalue weighted by Gasteiger charge is 2.43. The number of allylic oxidation sites excluding steroid dienone is 1. The van der Waals surface area contributed by atoms with Crippen molar-refractivity contribution in [3.8, 4) is 0 Å². The molecule has 7 heteroatoms. The maximum Gasteiger partial charge on any atom is 0.673 e. The molecule has 3 aliphatic rings. The molecule has 0 amide bonds. The normalized spacial score (nSPS) is 22.7. The van der Waals surface area contributed by atoms with E-state index in [2.05, 4.69) is 60.7 Å². The van der Waals surface area contributed by atoms with Gasteiger partial charge >= 0.3 is 7.25 Å². The third kappa shape index (κ3) is 5.82. The highest BCUT2D eigenvalue weighted by Crippen LogP contribution is 2.69. The van der Waals surface area contributed by atoms with Gasteiger partial charge in [0.1, 0.15) is 0 Å². The fraction of sp³-hybridized carbons (Fsp3) is 0.652. The van der Waals surface area contributed by atoms with Crippen molar-refractivity contribution in [2.45, 2.75) is 94.8 Å². The van der Waals surface area contributed by atoms with E-state index in [1.54, 1.807) is 14.7 Å². The summed E-state index contributed by atoms with van der Waals surface area (Å²) in [4.78, 5) is 0. The van der Waals surface area contributed by atoms with Gasteiger partial charge in [-0.25, -0.2) is 0 Å². The number of fused-ring (bicyclic) bond motifs is 1. The van der Waals surface area contributed by atoms with Gasteiger partial charge in [-0.15, -0.1) is 0 Å². The summed E-state index contributed by atoms with van der Waals surface area (Å²) < 4.78 is 40.7. The molecule has 2 fully saturated rings. The van der Waals surface area contributed by atoms with Crippen molar-refractivity contribution in [1.29, 1.82) is 0 Å². The monoisotopic (exact) mass is 553 g/mol. The Balaban J connectivity index is 0.000000461. The van der Waals surface area contributed by atoms with Crippen molar-refractivity contribution >= 4 is 43.1 Å². The van der Waals surface area contributed by atoms with Gasteiger partial charge in [0.2, 0.25) is 0 Å². The van der Waals surface area contributed by atoms with Crippen molar-refractivity contribution in [1.82, 2.24) is 0 Å². The first-order valence-electron chi connectivity index (χ1n) is 11.3. The molecule has 1 aromatic rings. The molecule has 30 heavy (non-hydrogen) atoms. The second kappa shape index (κ2) is 10.2. The van der Waals surface area contributed by atoms with Gasteiger partial charge in [0.05, 0.1) is 0 Å². The van der Waals surface area contributed by atoms with Crippen LogP contribution in [0.4, 0.5) is 17.3 Å². The summed E-state index contributed by atoms with van der Waals surface area (Å²) in [5.74, 6) is 0. The van der Waals surface area contributed by atoms with Crippen molar-refractivity contribution in [3.05, 3.63) is 39.0 Å². The van der Waals surface area contributed by atoms with Crippen LogP contribution in [0, 0.1) is 0 Å². The molecule has 168 valence electrons. The fourth-order valence-electron chi connectivity index (χ4n) is 5.40. The summed E-state index contributed by atoms with van der Waals surface area (Å²) >= 11 is 2.74. The zero-order chi connectivity index (χ0) is 21.9. The highest BCUT2D eigenvalue weighted by atomic mass is 127. The maximum absolute atomic E-state index is 9.75. The Kier molecular flexibility index (Phi) is 8.37. The van der Waals surface area contributed by atoms with Crippen molar-refractivity contribution in [2.24, 2.45) is 0 Å². The third-order valence-corrected chi connectivity index (χ3v) is 12.7. The summed E-state index contributed by atoms with van der Waals surface area (Å²) in [7, 11) is -6.01. The molecule has 0 atom stereocenters. The lowest BCUT2D eigenvalue weighted by Crippen LogP contribution is -2.21. The average molecular weight is 553 g/mol. The van der Waals surface area contributed by atoms with E-state index in [-0.39, 0.29) is 13.3 Å². The van der Waals surface area contributed by atoms with Gasteiger partial charge in [-0.05, 0) is 76.0 Å². The van der Waals surface area contributed by atoms with E-state index >= 15 is 0 Å². The number of rotatable bonds is 3. The average Bonchev–Trinajstić information content (AvgIpc) is 2.90. The zero-order valence-corrected chi connectivity index (χ0v) is 21.0. The molecule has 3 aliphatic carbocycles. The van der Waals surface area contributed by atoms with Gasteiger partial charge in [-0.3, -0.25) is 0 Å². The van der Waals surface area contributed by atoms with Crippen molar-refractivity contribution in [2.75, 3.05) is 0 Å². The summed E-state index contributed by atoms with van der Waals surface area (Å²) in [5, 5.41) is 1.83. The second-order valence-electron chi connectivity index (χ2n) is 9.32. The minimum absolute atomic E-state index is 0.0104. The SMILES string of the molecule is CC1(C)C(I)=C(P(C2CCCCC2)C2CCCCC2)c2ccccc21.F[B-](F)(F)F. The number of benzene rings is 1. The van der Waals surface area contributed by atoms with Crippen LogP contribution in [-0.4, -0.2) is 18.6 Å². The summed E-state index contributed by atoms with van der Waals surface area (Å²) in [6, 6.07) is 9.37. The molecular formula is C23H32BF4IP-.